The van der Waals surface area contributed by atoms with Crippen molar-refractivity contribution in [3.63, 3.8) is 0 Å². The molecule has 4 rings (SSSR count). The van der Waals surface area contributed by atoms with E-state index < -0.39 is 0 Å². The molecule has 1 heterocycles. The van der Waals surface area contributed by atoms with Crippen LogP contribution < -0.4 is 4.90 Å². The summed E-state index contributed by atoms with van der Waals surface area (Å²) in [6.07, 6.45) is 8.28. The van der Waals surface area contributed by atoms with Gasteiger partial charge >= 0.3 is 0 Å². The maximum Gasteiger partial charge on any atom is 0.0931 e. The van der Waals surface area contributed by atoms with E-state index in [-0.39, 0.29) is 0 Å². The highest BCUT2D eigenvalue weighted by Gasteiger charge is 2.19. The monoisotopic (exact) mass is 367 g/mol. The standard InChI is InChI=1S/C14H19NOS.C7H6N2/c1-15(13-8-3-2-4-9-13)14-10-6-5-7-12(14)11-17-16;1-2-4-7-6(3-1)8-5-9-7/h5-7,10-11,13H,2-4,8-9H2,1H3;1-5H,(H,8,9). The van der Waals surface area contributed by atoms with Gasteiger partial charge in [0, 0.05) is 29.7 Å². The van der Waals surface area contributed by atoms with E-state index in [0.29, 0.717) is 17.3 Å². The van der Waals surface area contributed by atoms with Crippen molar-refractivity contribution in [3.8, 4) is 0 Å². The van der Waals surface area contributed by atoms with E-state index in [1.165, 1.54) is 37.8 Å². The van der Waals surface area contributed by atoms with Gasteiger partial charge in [-0.25, -0.2) is 9.19 Å². The fourth-order valence-corrected chi connectivity index (χ4v) is 3.81. The van der Waals surface area contributed by atoms with Crippen LogP contribution in [0.3, 0.4) is 0 Å². The van der Waals surface area contributed by atoms with Gasteiger partial charge in [-0.2, -0.15) is 0 Å². The van der Waals surface area contributed by atoms with E-state index in [4.69, 9.17) is 0 Å². The first kappa shape index (κ1) is 18.4. The van der Waals surface area contributed by atoms with Crippen LogP contribution in [0, 0.1) is 0 Å². The summed E-state index contributed by atoms with van der Waals surface area (Å²) >= 11 is 0.531. The molecule has 1 aromatic heterocycles. The number of benzene rings is 2. The minimum Gasteiger partial charge on any atom is -0.371 e. The lowest BCUT2D eigenvalue weighted by Crippen LogP contribution is -2.33. The number of para-hydroxylation sites is 3. The average molecular weight is 368 g/mol. The molecule has 4 nitrogen and oxygen atoms in total. The number of hydrogen-bond acceptors (Lipinski definition) is 3. The van der Waals surface area contributed by atoms with Gasteiger partial charge in [0.05, 0.1) is 28.6 Å². The number of nitrogens with zero attached hydrogens (tertiary/aromatic N) is 2. The molecule has 0 atom stereocenters. The molecule has 136 valence electrons. The molecular weight excluding hydrogens is 342 g/mol. The lowest BCUT2D eigenvalue weighted by Gasteiger charge is -2.33. The highest BCUT2D eigenvalue weighted by molar-refractivity contribution is 7.65. The molecule has 0 bridgehead atoms. The largest absolute Gasteiger partial charge is 0.371 e. The van der Waals surface area contributed by atoms with Crippen LogP contribution in [0.15, 0.2) is 54.9 Å². The van der Waals surface area contributed by atoms with Crippen molar-refractivity contribution in [3.05, 3.63) is 60.4 Å². The fourth-order valence-electron chi connectivity index (χ4n) is 3.50. The van der Waals surface area contributed by atoms with Crippen molar-refractivity contribution in [2.75, 3.05) is 11.9 Å². The van der Waals surface area contributed by atoms with Crippen LogP contribution in [0.4, 0.5) is 5.69 Å². The zero-order valence-electron chi connectivity index (χ0n) is 15.1. The summed E-state index contributed by atoms with van der Waals surface area (Å²) in [6, 6.07) is 16.7. The molecule has 0 unspecified atom stereocenters. The summed E-state index contributed by atoms with van der Waals surface area (Å²) in [5, 5.41) is 1.69. The van der Waals surface area contributed by atoms with Gasteiger partial charge in [0.15, 0.2) is 0 Å². The van der Waals surface area contributed by atoms with Crippen LogP contribution >= 0.6 is 0 Å². The maximum atomic E-state index is 10.7. The van der Waals surface area contributed by atoms with Gasteiger partial charge in [-0.3, -0.25) is 0 Å². The summed E-state index contributed by atoms with van der Waals surface area (Å²) in [4.78, 5) is 9.42. The van der Waals surface area contributed by atoms with Crippen LogP contribution in [0.2, 0.25) is 0 Å². The average Bonchev–Trinajstić information content (AvgIpc) is 3.18. The first-order valence-electron chi connectivity index (χ1n) is 9.11. The van der Waals surface area contributed by atoms with Crippen LogP contribution in [0.1, 0.15) is 37.7 Å². The van der Waals surface area contributed by atoms with Gasteiger partial charge in [0.1, 0.15) is 0 Å². The van der Waals surface area contributed by atoms with E-state index >= 15 is 0 Å². The molecule has 26 heavy (non-hydrogen) atoms. The minimum absolute atomic E-state index is 0.531. The number of nitrogens with one attached hydrogen (secondary N) is 1. The predicted octanol–water partition coefficient (Wildman–Crippen LogP) is 4.38. The Balaban J connectivity index is 0.000000181. The number of anilines is 1. The summed E-state index contributed by atoms with van der Waals surface area (Å²) in [5.74, 6) is 0. The third-order valence-corrected chi connectivity index (χ3v) is 5.29. The number of rotatable bonds is 3. The molecular formula is C21H25N3OS. The van der Waals surface area contributed by atoms with Crippen molar-refractivity contribution in [1.29, 1.82) is 0 Å². The Bertz CT molecular complexity index is 849. The molecule has 1 saturated carbocycles. The van der Waals surface area contributed by atoms with Crippen molar-refractivity contribution in [2.45, 2.75) is 38.1 Å². The molecule has 0 radical (unpaired) electrons. The SMILES string of the molecule is CN(c1ccccc1C=S=O)C1CCCCC1.c1ccc2[nH]cnc2c1. The van der Waals surface area contributed by atoms with Gasteiger partial charge in [-0.1, -0.05) is 49.6 Å². The van der Waals surface area contributed by atoms with Gasteiger partial charge in [-0.15, -0.1) is 0 Å². The molecule has 5 heteroatoms. The topological polar surface area (TPSA) is 49.0 Å². The normalized spacial score (nSPS) is 14.3. The first-order chi connectivity index (χ1) is 12.8. The predicted molar refractivity (Wildman–Crippen MR) is 111 cm³/mol. The van der Waals surface area contributed by atoms with Gasteiger partial charge in [0.2, 0.25) is 0 Å². The van der Waals surface area contributed by atoms with E-state index in [1.54, 1.807) is 11.7 Å². The van der Waals surface area contributed by atoms with E-state index in [0.717, 1.165) is 16.6 Å². The minimum atomic E-state index is 0.531. The number of aromatic nitrogens is 2. The Morgan fingerprint density at radius 3 is 2.58 bits per heavy atom. The molecule has 1 N–H and O–H groups in total. The zero-order valence-corrected chi connectivity index (χ0v) is 15.9. The van der Waals surface area contributed by atoms with Gasteiger partial charge < -0.3 is 9.88 Å². The second kappa shape index (κ2) is 9.34. The summed E-state index contributed by atoms with van der Waals surface area (Å²) in [5.41, 5.74) is 4.35. The lowest BCUT2D eigenvalue weighted by molar-refractivity contribution is 0.427. The number of fused-ring (bicyclic) bond motifs is 1. The quantitative estimate of drug-likeness (QED) is 0.699. The maximum absolute atomic E-state index is 10.7. The molecule has 1 aliphatic carbocycles. The zero-order chi connectivity index (χ0) is 18.2. The van der Waals surface area contributed by atoms with Gasteiger partial charge in [0.25, 0.3) is 0 Å². The van der Waals surface area contributed by atoms with Crippen molar-refractivity contribution in [2.24, 2.45) is 0 Å². The van der Waals surface area contributed by atoms with Crippen molar-refractivity contribution < 1.29 is 4.21 Å². The Morgan fingerprint density at radius 2 is 1.81 bits per heavy atom. The molecule has 0 amide bonds. The second-order valence-electron chi connectivity index (χ2n) is 6.60. The Hall–Kier alpha value is -2.40. The fraction of sp³-hybridized carbons (Fsp3) is 0.333. The second-order valence-corrected chi connectivity index (χ2v) is 7.02. The third kappa shape index (κ3) is 4.61. The van der Waals surface area contributed by atoms with Crippen LogP contribution in [0.25, 0.3) is 11.0 Å². The first-order valence-corrected chi connectivity index (χ1v) is 9.92. The Labute approximate surface area is 158 Å². The molecule has 2 aromatic carbocycles. The Morgan fingerprint density at radius 1 is 1.08 bits per heavy atom. The lowest BCUT2D eigenvalue weighted by atomic mass is 9.94. The van der Waals surface area contributed by atoms with E-state index in [9.17, 15) is 4.21 Å². The summed E-state index contributed by atoms with van der Waals surface area (Å²) in [6.45, 7) is 0. The van der Waals surface area contributed by atoms with Crippen molar-refractivity contribution >= 4 is 33.3 Å². The molecule has 0 saturated heterocycles. The van der Waals surface area contributed by atoms with Crippen LogP contribution in [-0.2, 0) is 11.3 Å². The number of imidazole rings is 1. The number of H-pyrrole nitrogens is 1. The van der Waals surface area contributed by atoms with E-state index in [2.05, 4.69) is 28.0 Å². The Kier molecular flexibility index (Phi) is 6.61. The third-order valence-electron chi connectivity index (χ3n) is 4.94. The van der Waals surface area contributed by atoms with Crippen LogP contribution in [0.5, 0.6) is 0 Å². The highest BCUT2D eigenvalue weighted by Crippen LogP contribution is 2.27. The smallest absolute Gasteiger partial charge is 0.0931 e. The number of aromatic amines is 1. The highest BCUT2D eigenvalue weighted by atomic mass is 32.1. The molecule has 1 aliphatic rings. The molecule has 1 fully saturated rings. The van der Waals surface area contributed by atoms with Crippen molar-refractivity contribution in [1.82, 2.24) is 9.97 Å². The molecule has 3 aromatic rings. The molecule has 0 aliphatic heterocycles. The van der Waals surface area contributed by atoms with E-state index in [1.807, 2.05) is 42.5 Å². The molecule has 0 spiro atoms. The summed E-state index contributed by atoms with van der Waals surface area (Å²) in [7, 11) is 2.15. The summed E-state index contributed by atoms with van der Waals surface area (Å²) < 4.78 is 10.7. The van der Waals surface area contributed by atoms with Crippen LogP contribution in [-0.4, -0.2) is 32.6 Å². The van der Waals surface area contributed by atoms with Gasteiger partial charge in [-0.05, 0) is 31.0 Å². The number of hydrogen-bond donors (Lipinski definition) is 1.